The van der Waals surface area contributed by atoms with E-state index in [2.05, 4.69) is 25.1 Å². The van der Waals surface area contributed by atoms with Gasteiger partial charge >= 0.3 is 0 Å². The third-order valence-corrected chi connectivity index (χ3v) is 5.06. The molecule has 1 aromatic carbocycles. The molecule has 2 aliphatic rings. The van der Waals surface area contributed by atoms with Crippen LogP contribution in [0.2, 0.25) is 0 Å². The highest BCUT2D eigenvalue weighted by Crippen LogP contribution is 2.32. The zero-order valence-electron chi connectivity index (χ0n) is 16.0. The largest absolute Gasteiger partial charge is 0.486 e. The predicted octanol–water partition coefficient (Wildman–Crippen LogP) is 1.25. The second-order valence-electron chi connectivity index (χ2n) is 7.02. The van der Waals surface area contributed by atoms with E-state index in [1.807, 2.05) is 25.1 Å². The van der Waals surface area contributed by atoms with Crippen LogP contribution < -0.4 is 19.7 Å². The molecular formula is C20H25N5O3. The smallest absolute Gasteiger partial charge is 0.234 e. The van der Waals surface area contributed by atoms with E-state index in [1.165, 1.54) is 0 Å². The van der Waals surface area contributed by atoms with E-state index in [-0.39, 0.29) is 11.9 Å². The first-order valence-corrected chi connectivity index (χ1v) is 9.61. The van der Waals surface area contributed by atoms with Gasteiger partial charge in [-0.3, -0.25) is 14.7 Å². The molecule has 8 nitrogen and oxygen atoms in total. The lowest BCUT2D eigenvalue weighted by molar-refractivity contribution is -0.123. The number of benzene rings is 1. The summed E-state index contributed by atoms with van der Waals surface area (Å²) in [6.45, 7) is 6.82. The molecule has 4 rings (SSSR count). The summed E-state index contributed by atoms with van der Waals surface area (Å²) in [7, 11) is 0. The molecule has 1 amide bonds. The van der Waals surface area contributed by atoms with Crippen LogP contribution in [0.3, 0.4) is 0 Å². The topological polar surface area (TPSA) is 79.8 Å². The van der Waals surface area contributed by atoms with Gasteiger partial charge in [-0.05, 0) is 24.6 Å². The van der Waals surface area contributed by atoms with Crippen LogP contribution in [0.1, 0.15) is 18.5 Å². The summed E-state index contributed by atoms with van der Waals surface area (Å²) < 4.78 is 11.2. The minimum atomic E-state index is -0.0933. The molecule has 1 saturated heterocycles. The normalized spacial score (nSPS) is 17.8. The second kappa shape index (κ2) is 8.43. The Labute approximate surface area is 164 Å². The fourth-order valence-electron chi connectivity index (χ4n) is 3.49. The second-order valence-corrected chi connectivity index (χ2v) is 7.02. The van der Waals surface area contributed by atoms with Crippen molar-refractivity contribution in [3.63, 3.8) is 0 Å². The number of aromatic nitrogens is 2. The van der Waals surface area contributed by atoms with Gasteiger partial charge in [0.2, 0.25) is 5.91 Å². The Morgan fingerprint density at radius 3 is 2.68 bits per heavy atom. The molecule has 0 spiro atoms. The molecule has 0 radical (unpaired) electrons. The van der Waals surface area contributed by atoms with Crippen LogP contribution in [0.4, 0.5) is 5.82 Å². The number of hydrogen-bond donors (Lipinski definition) is 1. The van der Waals surface area contributed by atoms with Gasteiger partial charge in [-0.1, -0.05) is 6.07 Å². The van der Waals surface area contributed by atoms with Gasteiger partial charge in [-0.25, -0.2) is 4.98 Å². The van der Waals surface area contributed by atoms with Gasteiger partial charge in [0.15, 0.2) is 11.5 Å². The van der Waals surface area contributed by atoms with E-state index >= 15 is 0 Å². The quantitative estimate of drug-likeness (QED) is 0.832. The summed E-state index contributed by atoms with van der Waals surface area (Å²) in [5, 5.41) is 3.08. The maximum absolute atomic E-state index is 12.5. The zero-order valence-corrected chi connectivity index (χ0v) is 16.0. The van der Waals surface area contributed by atoms with E-state index in [0.29, 0.717) is 19.8 Å². The molecule has 0 saturated carbocycles. The number of hydrogen-bond acceptors (Lipinski definition) is 7. The summed E-state index contributed by atoms with van der Waals surface area (Å²) in [5.74, 6) is 2.41. The summed E-state index contributed by atoms with van der Waals surface area (Å²) in [5.41, 5.74) is 1.00. The van der Waals surface area contributed by atoms with Crippen LogP contribution in [0.25, 0.3) is 0 Å². The Balaban J connectivity index is 1.27. The Morgan fingerprint density at radius 2 is 1.93 bits per heavy atom. The van der Waals surface area contributed by atoms with Crippen LogP contribution in [-0.2, 0) is 4.79 Å². The van der Waals surface area contributed by atoms with Crippen molar-refractivity contribution < 1.29 is 14.3 Å². The lowest BCUT2D eigenvalue weighted by Crippen LogP contribution is -2.50. The first kappa shape index (κ1) is 18.5. The summed E-state index contributed by atoms with van der Waals surface area (Å²) in [4.78, 5) is 25.3. The fraction of sp³-hybridized carbons (Fsp3) is 0.450. The van der Waals surface area contributed by atoms with Crippen LogP contribution in [0.5, 0.6) is 11.5 Å². The highest BCUT2D eigenvalue weighted by atomic mass is 16.6. The SMILES string of the molecule is C[C@H](NC(=O)CN1CCN(c2cnccn2)CC1)c1ccc2c(c1)OCCO2. The molecule has 1 N–H and O–H groups in total. The van der Waals surface area contributed by atoms with Gasteiger partial charge in [0.25, 0.3) is 0 Å². The number of fused-ring (bicyclic) bond motifs is 1. The minimum absolute atomic E-state index is 0.0235. The first-order valence-electron chi connectivity index (χ1n) is 9.61. The van der Waals surface area contributed by atoms with Crippen molar-refractivity contribution in [3.05, 3.63) is 42.4 Å². The Bertz CT molecular complexity index is 809. The summed E-state index contributed by atoms with van der Waals surface area (Å²) >= 11 is 0. The number of piperazine rings is 1. The van der Waals surface area contributed by atoms with Crippen molar-refractivity contribution in [3.8, 4) is 11.5 Å². The van der Waals surface area contributed by atoms with Crippen LogP contribution in [0.15, 0.2) is 36.8 Å². The summed E-state index contributed by atoms with van der Waals surface area (Å²) in [6, 6.07) is 5.72. The molecule has 28 heavy (non-hydrogen) atoms. The molecule has 0 aliphatic carbocycles. The van der Waals surface area contributed by atoms with Gasteiger partial charge in [-0.2, -0.15) is 0 Å². The third-order valence-electron chi connectivity index (χ3n) is 5.06. The lowest BCUT2D eigenvalue weighted by Gasteiger charge is -2.34. The van der Waals surface area contributed by atoms with E-state index in [9.17, 15) is 4.79 Å². The molecule has 2 aromatic rings. The molecule has 2 aliphatic heterocycles. The zero-order chi connectivity index (χ0) is 19.3. The molecule has 0 bridgehead atoms. The molecule has 1 atom stereocenters. The lowest BCUT2D eigenvalue weighted by atomic mass is 10.1. The third kappa shape index (κ3) is 4.33. The van der Waals surface area contributed by atoms with Gasteiger partial charge in [0.05, 0.1) is 18.8 Å². The van der Waals surface area contributed by atoms with E-state index in [0.717, 1.165) is 49.1 Å². The molecule has 148 valence electrons. The van der Waals surface area contributed by atoms with E-state index in [4.69, 9.17) is 9.47 Å². The molecule has 8 heteroatoms. The minimum Gasteiger partial charge on any atom is -0.486 e. The molecule has 1 aromatic heterocycles. The average Bonchev–Trinajstić information content (AvgIpc) is 2.74. The summed E-state index contributed by atoms with van der Waals surface area (Å²) in [6.07, 6.45) is 5.15. The Kier molecular flexibility index (Phi) is 5.57. The number of carbonyl (C=O) groups excluding carboxylic acids is 1. The van der Waals surface area contributed by atoms with Gasteiger partial charge in [0.1, 0.15) is 19.0 Å². The Morgan fingerprint density at radius 1 is 1.14 bits per heavy atom. The monoisotopic (exact) mass is 383 g/mol. The van der Waals surface area contributed by atoms with Crippen LogP contribution in [0, 0.1) is 0 Å². The number of carbonyl (C=O) groups is 1. The maximum atomic E-state index is 12.5. The number of amides is 1. The van der Waals surface area contributed by atoms with Crippen molar-refractivity contribution in [1.29, 1.82) is 0 Å². The fourth-order valence-corrected chi connectivity index (χ4v) is 3.49. The number of anilines is 1. The maximum Gasteiger partial charge on any atom is 0.234 e. The van der Waals surface area contributed by atoms with E-state index in [1.54, 1.807) is 18.6 Å². The van der Waals surface area contributed by atoms with Gasteiger partial charge in [-0.15, -0.1) is 0 Å². The highest BCUT2D eigenvalue weighted by Gasteiger charge is 2.21. The number of nitrogens with zero attached hydrogens (tertiary/aromatic N) is 4. The highest BCUT2D eigenvalue weighted by molar-refractivity contribution is 5.78. The van der Waals surface area contributed by atoms with Crippen LogP contribution in [-0.4, -0.2) is 66.7 Å². The van der Waals surface area contributed by atoms with Crippen molar-refractivity contribution in [2.24, 2.45) is 0 Å². The first-order chi connectivity index (χ1) is 13.7. The van der Waals surface area contributed by atoms with Crippen molar-refractivity contribution >= 4 is 11.7 Å². The molecule has 3 heterocycles. The average molecular weight is 383 g/mol. The van der Waals surface area contributed by atoms with Gasteiger partial charge < -0.3 is 19.7 Å². The van der Waals surface area contributed by atoms with Crippen LogP contribution >= 0.6 is 0 Å². The van der Waals surface area contributed by atoms with E-state index < -0.39 is 0 Å². The predicted molar refractivity (Wildman–Crippen MR) is 105 cm³/mol. The Hall–Kier alpha value is -2.87. The number of rotatable bonds is 5. The van der Waals surface area contributed by atoms with Crippen molar-refractivity contribution in [1.82, 2.24) is 20.2 Å². The number of nitrogens with one attached hydrogen (secondary N) is 1. The molecule has 0 unspecified atom stereocenters. The van der Waals surface area contributed by atoms with Gasteiger partial charge in [0, 0.05) is 38.6 Å². The molecule has 1 fully saturated rings. The molecular weight excluding hydrogens is 358 g/mol. The number of ether oxygens (including phenoxy) is 2. The van der Waals surface area contributed by atoms with Crippen molar-refractivity contribution in [2.75, 3.05) is 50.8 Å². The van der Waals surface area contributed by atoms with Crippen molar-refractivity contribution in [2.45, 2.75) is 13.0 Å². The standard InChI is InChI=1S/C20H25N5O3/c1-15(16-2-3-17-18(12-16)28-11-10-27-17)23-20(26)14-24-6-8-25(9-7-24)19-13-21-4-5-22-19/h2-5,12-13,15H,6-11,14H2,1H3,(H,23,26)/t15-/m0/s1.